The van der Waals surface area contributed by atoms with Crippen molar-refractivity contribution in [3.63, 3.8) is 0 Å². The van der Waals surface area contributed by atoms with Crippen LogP contribution in [0, 0.1) is 11.8 Å². The first-order valence-corrected chi connectivity index (χ1v) is 13.7. The molecule has 1 aliphatic carbocycles. The van der Waals surface area contributed by atoms with Crippen LogP contribution in [0.25, 0.3) is 0 Å². The number of ketones is 1. The Balaban J connectivity index is 1.31. The van der Waals surface area contributed by atoms with Gasteiger partial charge in [0.15, 0.2) is 12.4 Å². The number of rotatable bonds is 8. The Morgan fingerprint density at radius 3 is 2.11 bits per heavy atom. The van der Waals surface area contributed by atoms with Crippen molar-refractivity contribution in [2.45, 2.75) is 35.5 Å². The molecule has 11 heteroatoms. The molecule has 2 aromatic carbocycles. The van der Waals surface area contributed by atoms with Crippen LogP contribution in [0.4, 0.5) is 0 Å². The molecule has 4 rings (SSSR count). The van der Waals surface area contributed by atoms with Crippen LogP contribution < -0.4 is 9.47 Å². The van der Waals surface area contributed by atoms with Crippen molar-refractivity contribution in [1.29, 1.82) is 0 Å². The molecule has 0 spiro atoms. The van der Waals surface area contributed by atoms with Gasteiger partial charge in [0.25, 0.3) is 0 Å². The van der Waals surface area contributed by atoms with Gasteiger partial charge in [-0.3, -0.25) is 19.3 Å². The van der Waals surface area contributed by atoms with E-state index in [1.165, 1.54) is 38.3 Å². The van der Waals surface area contributed by atoms with E-state index in [0.29, 0.717) is 24.2 Å². The van der Waals surface area contributed by atoms with E-state index in [2.05, 4.69) is 31.9 Å². The lowest BCUT2D eigenvalue weighted by Gasteiger charge is -2.29. The Morgan fingerprint density at radius 2 is 1.53 bits per heavy atom. The summed E-state index contributed by atoms with van der Waals surface area (Å²) in [6, 6.07) is 11.2. The third-order valence-corrected chi connectivity index (χ3v) is 9.45. The SMILES string of the molecule is COc1cccc(C(=O)Oc2ccc(C(=O)COC(=O)C(C)N3C(=O)C4CC(Br)C(Br)CC4C3=O)cc2)c1. The van der Waals surface area contributed by atoms with Crippen molar-refractivity contribution in [3.05, 3.63) is 59.7 Å². The number of halogens is 2. The fourth-order valence-electron chi connectivity index (χ4n) is 4.57. The summed E-state index contributed by atoms with van der Waals surface area (Å²) in [5.74, 6) is -2.91. The van der Waals surface area contributed by atoms with Crippen LogP contribution in [0.5, 0.6) is 11.5 Å². The van der Waals surface area contributed by atoms with Gasteiger partial charge >= 0.3 is 11.9 Å². The summed E-state index contributed by atoms with van der Waals surface area (Å²) >= 11 is 7.06. The minimum absolute atomic E-state index is 0.0529. The first-order chi connectivity index (χ1) is 18.1. The van der Waals surface area contributed by atoms with Crippen molar-refractivity contribution >= 4 is 61.4 Å². The quantitative estimate of drug-likeness (QED) is 0.139. The molecule has 5 atom stereocenters. The lowest BCUT2D eigenvalue weighted by Crippen LogP contribution is -2.44. The molecular weight excluding hydrogens is 626 g/mol. The zero-order chi connectivity index (χ0) is 27.6. The maximum Gasteiger partial charge on any atom is 0.343 e. The van der Waals surface area contributed by atoms with Gasteiger partial charge in [-0.15, -0.1) is 0 Å². The molecule has 0 bridgehead atoms. The molecule has 1 aliphatic heterocycles. The summed E-state index contributed by atoms with van der Waals surface area (Å²) in [7, 11) is 1.49. The molecule has 2 aromatic rings. The van der Waals surface area contributed by atoms with Crippen LogP contribution in [0.1, 0.15) is 40.5 Å². The number of alkyl halides is 2. The van der Waals surface area contributed by atoms with Crippen LogP contribution >= 0.6 is 31.9 Å². The van der Waals surface area contributed by atoms with E-state index in [4.69, 9.17) is 14.2 Å². The minimum atomic E-state index is -1.14. The normalized spacial score (nSPS) is 23.4. The van der Waals surface area contributed by atoms with Gasteiger partial charge < -0.3 is 14.2 Å². The Labute approximate surface area is 236 Å². The molecule has 2 aliphatic rings. The van der Waals surface area contributed by atoms with Gasteiger partial charge in [-0.25, -0.2) is 9.59 Å². The summed E-state index contributed by atoms with van der Waals surface area (Å²) in [6.07, 6.45) is 0.986. The molecule has 0 aromatic heterocycles. The summed E-state index contributed by atoms with van der Waals surface area (Å²) in [5, 5.41) is 0. The maximum atomic E-state index is 12.9. The predicted octanol–water partition coefficient (Wildman–Crippen LogP) is 3.95. The van der Waals surface area contributed by atoms with E-state index in [0.717, 1.165) is 4.90 Å². The fraction of sp³-hybridized carbons (Fsp3) is 0.370. The summed E-state index contributed by atoms with van der Waals surface area (Å²) < 4.78 is 15.6. The number of esters is 2. The maximum absolute atomic E-state index is 12.9. The smallest absolute Gasteiger partial charge is 0.343 e. The summed E-state index contributed by atoms with van der Waals surface area (Å²) in [4.78, 5) is 64.4. The number of imide groups is 1. The number of fused-ring (bicyclic) bond motifs is 1. The van der Waals surface area contributed by atoms with Gasteiger partial charge in [-0.2, -0.15) is 0 Å². The standard InChI is InChI=1S/C27H25Br2NO8/c1-14(30-24(32)19-11-21(28)22(29)12-20(19)25(30)33)26(34)37-13-23(31)15-6-8-17(9-7-15)38-27(35)16-4-3-5-18(10-16)36-2/h3-10,14,19-22H,11-13H2,1-2H3. The fourth-order valence-corrected chi connectivity index (χ4v) is 5.81. The molecule has 38 heavy (non-hydrogen) atoms. The molecule has 2 amide bonds. The largest absolute Gasteiger partial charge is 0.497 e. The van der Waals surface area contributed by atoms with E-state index >= 15 is 0 Å². The zero-order valence-electron chi connectivity index (χ0n) is 20.6. The van der Waals surface area contributed by atoms with Gasteiger partial charge in [0.05, 0.1) is 24.5 Å². The van der Waals surface area contributed by atoms with E-state index in [1.54, 1.807) is 24.3 Å². The molecule has 0 N–H and O–H groups in total. The number of Topliss-reactive ketones (excluding diaryl/α,β-unsaturated/α-hetero) is 1. The number of methoxy groups -OCH3 is 1. The number of benzene rings is 2. The molecule has 1 saturated carbocycles. The Bertz CT molecular complexity index is 1240. The molecule has 2 fully saturated rings. The highest BCUT2D eigenvalue weighted by Gasteiger charge is 2.54. The number of carbonyl (C=O) groups is 5. The van der Waals surface area contributed by atoms with E-state index < -0.39 is 54.0 Å². The molecule has 0 radical (unpaired) electrons. The highest BCUT2D eigenvalue weighted by atomic mass is 79.9. The third-order valence-electron chi connectivity index (χ3n) is 6.71. The monoisotopic (exact) mass is 649 g/mol. The second kappa shape index (κ2) is 11.8. The van der Waals surface area contributed by atoms with Crippen LogP contribution in [0.15, 0.2) is 48.5 Å². The van der Waals surface area contributed by atoms with E-state index in [9.17, 15) is 24.0 Å². The third kappa shape index (κ3) is 5.83. The predicted molar refractivity (Wildman–Crippen MR) is 143 cm³/mol. The summed E-state index contributed by atoms with van der Waals surface area (Å²) in [5.41, 5.74) is 0.538. The average Bonchev–Trinajstić information content (AvgIpc) is 3.15. The highest BCUT2D eigenvalue weighted by molar-refractivity contribution is 9.12. The first kappa shape index (κ1) is 28.0. The number of carbonyl (C=O) groups excluding carboxylic acids is 5. The van der Waals surface area contributed by atoms with Crippen molar-refractivity contribution in [2.24, 2.45) is 11.8 Å². The van der Waals surface area contributed by atoms with Crippen LogP contribution in [0.2, 0.25) is 0 Å². The van der Waals surface area contributed by atoms with Crippen molar-refractivity contribution in [2.75, 3.05) is 13.7 Å². The number of likely N-dealkylation sites (tertiary alicyclic amines) is 1. The molecule has 1 saturated heterocycles. The molecular formula is C27H25Br2NO8. The van der Waals surface area contributed by atoms with Gasteiger partial charge in [-0.1, -0.05) is 37.9 Å². The molecule has 1 heterocycles. The van der Waals surface area contributed by atoms with Gasteiger partial charge in [-0.05, 0) is 62.2 Å². The molecule has 9 nitrogen and oxygen atoms in total. The summed E-state index contributed by atoms with van der Waals surface area (Å²) in [6.45, 7) is 0.852. The second-order valence-electron chi connectivity index (χ2n) is 9.12. The Hall–Kier alpha value is -3.05. The van der Waals surface area contributed by atoms with Crippen LogP contribution in [-0.4, -0.2) is 63.8 Å². The number of amides is 2. The Kier molecular flexibility index (Phi) is 8.67. The van der Waals surface area contributed by atoms with Crippen molar-refractivity contribution in [3.8, 4) is 11.5 Å². The van der Waals surface area contributed by atoms with Gasteiger partial charge in [0, 0.05) is 15.2 Å². The molecule has 5 unspecified atom stereocenters. The van der Waals surface area contributed by atoms with E-state index in [1.807, 2.05) is 0 Å². The number of nitrogens with zero attached hydrogens (tertiary/aromatic N) is 1. The second-order valence-corrected chi connectivity index (χ2v) is 11.5. The van der Waals surface area contributed by atoms with Gasteiger partial charge in [0.2, 0.25) is 11.8 Å². The van der Waals surface area contributed by atoms with Crippen LogP contribution in [-0.2, 0) is 19.1 Å². The minimum Gasteiger partial charge on any atom is -0.497 e. The average molecular weight is 651 g/mol. The van der Waals surface area contributed by atoms with Crippen LogP contribution in [0.3, 0.4) is 0 Å². The number of ether oxygens (including phenoxy) is 3. The lowest BCUT2D eigenvalue weighted by atomic mass is 9.81. The topological polar surface area (TPSA) is 116 Å². The van der Waals surface area contributed by atoms with Crippen molar-refractivity contribution < 1.29 is 38.2 Å². The highest BCUT2D eigenvalue weighted by Crippen LogP contribution is 2.43. The first-order valence-electron chi connectivity index (χ1n) is 11.9. The number of hydrogen-bond acceptors (Lipinski definition) is 8. The number of hydrogen-bond donors (Lipinski definition) is 0. The zero-order valence-corrected chi connectivity index (χ0v) is 23.8. The van der Waals surface area contributed by atoms with E-state index in [-0.39, 0.29) is 21.0 Å². The molecule has 200 valence electrons. The van der Waals surface area contributed by atoms with Crippen molar-refractivity contribution in [1.82, 2.24) is 4.90 Å². The lowest BCUT2D eigenvalue weighted by molar-refractivity contribution is -0.157. The Morgan fingerprint density at radius 1 is 0.921 bits per heavy atom. The van der Waals surface area contributed by atoms with Gasteiger partial charge in [0.1, 0.15) is 17.5 Å².